The Morgan fingerprint density at radius 2 is 1.45 bits per heavy atom. The zero-order valence-corrected chi connectivity index (χ0v) is 27.6. The minimum atomic E-state index is -4.13. The lowest BCUT2D eigenvalue weighted by Crippen LogP contribution is -2.54. The van der Waals surface area contributed by atoms with E-state index < -0.39 is 28.5 Å². The van der Waals surface area contributed by atoms with Crippen LogP contribution in [0.15, 0.2) is 119 Å². The third kappa shape index (κ3) is 8.57. The SMILES string of the molecule is CC[C@@H](C)NC(=O)[C@H](Cc1ccccc1)N(Cc1cccc(C)c1)C(=O)CN(c1ccc(Br)cc1)S(=O)(=O)c1ccccc1. The summed E-state index contributed by atoms with van der Waals surface area (Å²) in [6, 6.07) is 31.1. The molecule has 0 radical (unpaired) electrons. The van der Waals surface area contributed by atoms with Crippen molar-refractivity contribution in [1.82, 2.24) is 10.2 Å². The molecule has 2 atom stereocenters. The van der Waals surface area contributed by atoms with E-state index in [0.29, 0.717) is 5.69 Å². The molecule has 1 N–H and O–H groups in total. The van der Waals surface area contributed by atoms with E-state index in [2.05, 4.69) is 21.2 Å². The summed E-state index contributed by atoms with van der Waals surface area (Å²) < 4.78 is 29.9. The third-order valence-corrected chi connectivity index (χ3v) is 9.75. The number of halogens is 1. The predicted octanol–water partition coefficient (Wildman–Crippen LogP) is 6.51. The molecule has 4 aromatic rings. The van der Waals surface area contributed by atoms with Crippen LogP contribution in [0.2, 0.25) is 0 Å². The molecule has 0 unspecified atom stereocenters. The van der Waals surface area contributed by atoms with Crippen LogP contribution in [-0.2, 0) is 32.6 Å². The fourth-order valence-corrected chi connectivity index (χ4v) is 6.56. The Balaban J connectivity index is 1.80. The first-order valence-corrected chi connectivity index (χ1v) is 16.8. The molecule has 0 aliphatic carbocycles. The van der Waals surface area contributed by atoms with Crippen LogP contribution in [0.5, 0.6) is 0 Å². The summed E-state index contributed by atoms with van der Waals surface area (Å²) >= 11 is 3.41. The van der Waals surface area contributed by atoms with Gasteiger partial charge in [-0.25, -0.2) is 8.42 Å². The fraction of sp³-hybridized carbons (Fsp3) is 0.257. The van der Waals surface area contributed by atoms with Gasteiger partial charge >= 0.3 is 0 Å². The molecule has 7 nitrogen and oxygen atoms in total. The minimum Gasteiger partial charge on any atom is -0.352 e. The number of anilines is 1. The summed E-state index contributed by atoms with van der Waals surface area (Å²) in [5, 5.41) is 3.06. The van der Waals surface area contributed by atoms with Gasteiger partial charge in [0.1, 0.15) is 12.6 Å². The van der Waals surface area contributed by atoms with Crippen LogP contribution in [0.3, 0.4) is 0 Å². The molecule has 230 valence electrons. The second kappa shape index (κ2) is 15.2. The molecule has 0 spiro atoms. The van der Waals surface area contributed by atoms with Crippen LogP contribution >= 0.6 is 15.9 Å². The van der Waals surface area contributed by atoms with E-state index in [9.17, 15) is 18.0 Å². The normalized spacial score (nSPS) is 12.6. The highest BCUT2D eigenvalue weighted by Gasteiger charge is 2.35. The minimum absolute atomic E-state index is 0.0660. The van der Waals surface area contributed by atoms with E-state index >= 15 is 0 Å². The number of amides is 2. The van der Waals surface area contributed by atoms with E-state index in [-0.39, 0.29) is 29.8 Å². The second-order valence-corrected chi connectivity index (χ2v) is 13.6. The molecule has 4 rings (SSSR count). The molecule has 0 heterocycles. The maximum absolute atomic E-state index is 14.5. The van der Waals surface area contributed by atoms with Crippen molar-refractivity contribution in [3.8, 4) is 0 Å². The Morgan fingerprint density at radius 3 is 2.07 bits per heavy atom. The number of benzene rings is 4. The van der Waals surface area contributed by atoms with Gasteiger partial charge in [-0.3, -0.25) is 13.9 Å². The van der Waals surface area contributed by atoms with Crippen molar-refractivity contribution >= 4 is 43.5 Å². The Kier molecular flexibility index (Phi) is 11.4. The van der Waals surface area contributed by atoms with E-state index in [4.69, 9.17) is 0 Å². The van der Waals surface area contributed by atoms with Gasteiger partial charge in [0.15, 0.2) is 0 Å². The first-order chi connectivity index (χ1) is 21.1. The summed E-state index contributed by atoms with van der Waals surface area (Å²) in [7, 11) is -4.13. The lowest BCUT2D eigenvalue weighted by molar-refractivity contribution is -0.140. The number of carbonyl (C=O) groups excluding carboxylic acids is 2. The highest BCUT2D eigenvalue weighted by atomic mass is 79.9. The van der Waals surface area contributed by atoms with Crippen LogP contribution in [0.4, 0.5) is 5.69 Å². The number of sulfonamides is 1. The number of carbonyl (C=O) groups is 2. The van der Waals surface area contributed by atoms with Gasteiger partial charge in [0.25, 0.3) is 10.0 Å². The molecule has 0 aromatic heterocycles. The summed E-state index contributed by atoms with van der Waals surface area (Å²) in [6.45, 7) is 5.51. The van der Waals surface area contributed by atoms with Gasteiger partial charge in [-0.05, 0) is 67.8 Å². The molecule has 9 heteroatoms. The van der Waals surface area contributed by atoms with E-state index in [1.54, 1.807) is 42.5 Å². The molecular formula is C35H38BrN3O4S. The number of rotatable bonds is 13. The standard InChI is InChI=1S/C35H38BrN3O4S/c1-4-27(3)37-35(41)33(23-28-13-7-5-8-14-28)38(24-29-15-11-12-26(2)22-29)34(40)25-39(31-20-18-30(36)19-21-31)44(42,43)32-16-9-6-10-17-32/h5-22,27,33H,4,23-25H2,1-3H3,(H,37,41)/t27-,33+/m1/s1. The number of nitrogens with zero attached hydrogens (tertiary/aromatic N) is 2. The highest BCUT2D eigenvalue weighted by Crippen LogP contribution is 2.26. The predicted molar refractivity (Wildman–Crippen MR) is 179 cm³/mol. The van der Waals surface area contributed by atoms with Gasteiger partial charge in [-0.1, -0.05) is 101 Å². The first-order valence-electron chi connectivity index (χ1n) is 14.6. The summed E-state index contributed by atoms with van der Waals surface area (Å²) in [4.78, 5) is 30.0. The van der Waals surface area contributed by atoms with Crippen molar-refractivity contribution in [3.63, 3.8) is 0 Å². The van der Waals surface area contributed by atoms with Gasteiger partial charge in [0, 0.05) is 23.5 Å². The quantitative estimate of drug-likeness (QED) is 0.175. The molecule has 0 aliphatic rings. The highest BCUT2D eigenvalue weighted by molar-refractivity contribution is 9.10. The van der Waals surface area contributed by atoms with Crippen molar-refractivity contribution in [1.29, 1.82) is 0 Å². The Labute approximate surface area is 269 Å². The Bertz CT molecular complexity index is 1650. The maximum Gasteiger partial charge on any atom is 0.264 e. The van der Waals surface area contributed by atoms with E-state index in [0.717, 1.165) is 31.9 Å². The maximum atomic E-state index is 14.5. The lowest BCUT2D eigenvalue weighted by atomic mass is 10.0. The lowest BCUT2D eigenvalue weighted by Gasteiger charge is -2.34. The van der Waals surface area contributed by atoms with Crippen LogP contribution in [0.1, 0.15) is 37.0 Å². The molecule has 0 saturated heterocycles. The number of aryl methyl sites for hydroxylation is 1. The third-order valence-electron chi connectivity index (χ3n) is 7.43. The molecule has 0 saturated carbocycles. The first kappa shape index (κ1) is 33.0. The van der Waals surface area contributed by atoms with Crippen LogP contribution in [0, 0.1) is 6.92 Å². The zero-order valence-electron chi connectivity index (χ0n) is 25.2. The molecule has 0 aliphatic heterocycles. The Morgan fingerprint density at radius 1 is 0.841 bits per heavy atom. The summed E-state index contributed by atoms with van der Waals surface area (Å²) in [5.41, 5.74) is 3.08. The van der Waals surface area contributed by atoms with Crippen LogP contribution < -0.4 is 9.62 Å². The second-order valence-electron chi connectivity index (χ2n) is 10.8. The largest absolute Gasteiger partial charge is 0.352 e. The van der Waals surface area contributed by atoms with Crippen molar-refractivity contribution in [2.24, 2.45) is 0 Å². The molecule has 0 fully saturated rings. The molecule has 44 heavy (non-hydrogen) atoms. The van der Waals surface area contributed by atoms with Crippen molar-refractivity contribution < 1.29 is 18.0 Å². The number of hydrogen-bond donors (Lipinski definition) is 1. The topological polar surface area (TPSA) is 86.8 Å². The Hall–Kier alpha value is -3.95. The summed E-state index contributed by atoms with van der Waals surface area (Å²) in [5.74, 6) is -0.778. The molecule has 2 amide bonds. The fourth-order valence-electron chi connectivity index (χ4n) is 4.86. The zero-order chi connectivity index (χ0) is 31.7. The molecular weight excluding hydrogens is 638 g/mol. The van der Waals surface area contributed by atoms with Gasteiger partial charge in [0.05, 0.1) is 10.6 Å². The van der Waals surface area contributed by atoms with Gasteiger partial charge in [-0.15, -0.1) is 0 Å². The number of hydrogen-bond acceptors (Lipinski definition) is 4. The van der Waals surface area contributed by atoms with Gasteiger partial charge in [-0.2, -0.15) is 0 Å². The van der Waals surface area contributed by atoms with Crippen LogP contribution in [-0.4, -0.2) is 43.8 Å². The van der Waals surface area contributed by atoms with Gasteiger partial charge < -0.3 is 10.2 Å². The van der Waals surface area contributed by atoms with Crippen LogP contribution in [0.25, 0.3) is 0 Å². The van der Waals surface area contributed by atoms with E-state index in [1.807, 2.05) is 75.4 Å². The number of nitrogens with one attached hydrogen (secondary N) is 1. The summed E-state index contributed by atoms with van der Waals surface area (Å²) in [6.07, 6.45) is 0.993. The average molecular weight is 677 g/mol. The van der Waals surface area contributed by atoms with Gasteiger partial charge in [0.2, 0.25) is 11.8 Å². The van der Waals surface area contributed by atoms with Crippen molar-refractivity contribution in [2.75, 3.05) is 10.8 Å². The van der Waals surface area contributed by atoms with Crippen molar-refractivity contribution in [2.45, 2.75) is 57.1 Å². The van der Waals surface area contributed by atoms with Crippen molar-refractivity contribution in [3.05, 3.63) is 130 Å². The monoisotopic (exact) mass is 675 g/mol. The average Bonchev–Trinajstić information content (AvgIpc) is 3.02. The molecule has 4 aromatic carbocycles. The molecule has 0 bridgehead atoms. The van der Waals surface area contributed by atoms with E-state index in [1.165, 1.54) is 17.0 Å². The smallest absolute Gasteiger partial charge is 0.264 e.